The number of carbonyl (C=O) groups is 3. The van der Waals surface area contributed by atoms with Gasteiger partial charge in [-0.15, -0.1) is 0 Å². The van der Waals surface area contributed by atoms with E-state index in [0.29, 0.717) is 18.5 Å². The van der Waals surface area contributed by atoms with Crippen molar-refractivity contribution in [1.82, 2.24) is 20.1 Å². The Kier molecular flexibility index (Phi) is 10.9. The minimum atomic E-state index is -0.821. The fourth-order valence-corrected chi connectivity index (χ4v) is 6.21. The van der Waals surface area contributed by atoms with E-state index >= 15 is 0 Å². The number of nitrogens with zero attached hydrogens (tertiary/aromatic N) is 2. The Morgan fingerprint density at radius 3 is 2.28 bits per heavy atom. The number of benzene rings is 3. The fourth-order valence-electron chi connectivity index (χ4n) is 6.21. The Balaban J connectivity index is 1.34. The Bertz CT molecular complexity index is 1610. The maximum atomic E-state index is 13.7. The molecule has 2 N–H and O–H groups in total. The van der Waals surface area contributed by atoms with Gasteiger partial charge in [-0.25, -0.2) is 4.79 Å². The first-order valence-electron chi connectivity index (χ1n) is 16.4. The Morgan fingerprint density at radius 2 is 1.57 bits per heavy atom. The Labute approximate surface area is 272 Å². The van der Waals surface area contributed by atoms with Gasteiger partial charge >= 0.3 is 6.09 Å². The van der Waals surface area contributed by atoms with Crippen molar-refractivity contribution in [1.29, 1.82) is 0 Å². The van der Waals surface area contributed by atoms with Crippen LogP contribution in [0, 0.1) is 0 Å². The van der Waals surface area contributed by atoms with Crippen LogP contribution in [-0.2, 0) is 33.6 Å². The van der Waals surface area contributed by atoms with Crippen molar-refractivity contribution in [2.45, 2.75) is 77.0 Å². The first kappa shape index (κ1) is 32.9. The summed E-state index contributed by atoms with van der Waals surface area (Å²) in [7, 11) is 0. The molecule has 0 aliphatic carbocycles. The highest BCUT2D eigenvalue weighted by atomic mass is 16.6. The van der Waals surface area contributed by atoms with Gasteiger partial charge in [-0.05, 0) is 75.8 Å². The number of likely N-dealkylation sites (tertiary alicyclic amines) is 1. The molecule has 46 heavy (non-hydrogen) atoms. The number of carbonyl (C=O) groups excluding carboxylic acids is 3. The highest BCUT2D eigenvalue weighted by Crippen LogP contribution is 2.25. The summed E-state index contributed by atoms with van der Waals surface area (Å²) in [5.74, 6) is -0.433. The second-order valence-electron chi connectivity index (χ2n) is 13.2. The number of rotatable bonds is 11. The van der Waals surface area contributed by atoms with Crippen molar-refractivity contribution in [2.75, 3.05) is 19.6 Å². The molecule has 5 rings (SSSR count). The molecule has 1 aromatic heterocycles. The van der Waals surface area contributed by atoms with Crippen molar-refractivity contribution in [3.05, 3.63) is 108 Å². The third kappa shape index (κ3) is 9.07. The number of para-hydroxylation sites is 1. The van der Waals surface area contributed by atoms with Gasteiger partial charge < -0.3 is 15.4 Å². The van der Waals surface area contributed by atoms with E-state index in [0.717, 1.165) is 48.7 Å². The van der Waals surface area contributed by atoms with Crippen molar-refractivity contribution in [3.8, 4) is 0 Å². The van der Waals surface area contributed by atoms with Gasteiger partial charge in [0.15, 0.2) is 0 Å². The average molecular weight is 623 g/mol. The number of hydrogen-bond acceptors (Lipinski definition) is 5. The predicted octanol–water partition coefficient (Wildman–Crippen LogP) is 5.91. The molecule has 1 saturated heterocycles. The number of fused-ring (bicyclic) bond motifs is 1. The van der Waals surface area contributed by atoms with Crippen LogP contribution in [0.2, 0.25) is 0 Å². The number of amides is 2. The van der Waals surface area contributed by atoms with E-state index < -0.39 is 17.7 Å². The number of nitrogens with one attached hydrogen (secondary N) is 2. The van der Waals surface area contributed by atoms with Crippen LogP contribution >= 0.6 is 0 Å². The van der Waals surface area contributed by atoms with Gasteiger partial charge in [0, 0.05) is 30.6 Å². The van der Waals surface area contributed by atoms with Crippen molar-refractivity contribution in [2.24, 2.45) is 0 Å². The van der Waals surface area contributed by atoms with E-state index in [2.05, 4.69) is 39.8 Å². The van der Waals surface area contributed by atoms with Crippen LogP contribution in [0.15, 0.2) is 91.1 Å². The zero-order chi connectivity index (χ0) is 32.5. The van der Waals surface area contributed by atoms with E-state index in [4.69, 9.17) is 4.74 Å². The standard InChI is InChI=1S/C38H46N4O4/c1-38(2,3)46-37(45)42-26-30(32-19-10-11-20-34(32)42)25-33(36(44)39-22-21-28-14-6-4-7-15-28)40-35(43)27-41-23-13-12-18-31(41)24-29-16-8-5-9-17-29/h4-11,14-17,19-20,26,31,33H,12-13,18,21-25,27H2,1-3H3,(H,39,44)(H,40,43)/t31?,33-/m1/s1. The second-order valence-corrected chi connectivity index (χ2v) is 13.2. The zero-order valence-electron chi connectivity index (χ0n) is 27.2. The molecule has 8 nitrogen and oxygen atoms in total. The highest BCUT2D eigenvalue weighted by Gasteiger charge is 2.29. The molecule has 4 aromatic rings. The molecule has 1 aliphatic heterocycles. The van der Waals surface area contributed by atoms with Crippen LogP contribution in [0.4, 0.5) is 4.79 Å². The smallest absolute Gasteiger partial charge is 0.419 e. The normalized spacial score (nSPS) is 16.1. The van der Waals surface area contributed by atoms with Gasteiger partial charge in [0.05, 0.1) is 12.1 Å². The van der Waals surface area contributed by atoms with Crippen LogP contribution in [0.25, 0.3) is 10.9 Å². The predicted molar refractivity (Wildman–Crippen MR) is 182 cm³/mol. The summed E-state index contributed by atoms with van der Waals surface area (Å²) in [6.07, 6.45) is 6.27. The molecule has 2 amide bonds. The van der Waals surface area contributed by atoms with E-state index in [1.807, 2.05) is 81.4 Å². The van der Waals surface area contributed by atoms with Gasteiger partial charge in [-0.3, -0.25) is 19.1 Å². The van der Waals surface area contributed by atoms with Crippen molar-refractivity contribution in [3.63, 3.8) is 0 Å². The molecule has 3 aromatic carbocycles. The van der Waals surface area contributed by atoms with Gasteiger partial charge in [0.25, 0.3) is 0 Å². The molecule has 0 spiro atoms. The van der Waals surface area contributed by atoms with Crippen LogP contribution < -0.4 is 10.6 Å². The first-order chi connectivity index (χ1) is 22.2. The molecule has 1 unspecified atom stereocenters. The van der Waals surface area contributed by atoms with Crippen LogP contribution in [0.5, 0.6) is 0 Å². The molecule has 0 radical (unpaired) electrons. The van der Waals surface area contributed by atoms with Gasteiger partial charge in [0.1, 0.15) is 11.6 Å². The summed E-state index contributed by atoms with van der Waals surface area (Å²) < 4.78 is 7.15. The topological polar surface area (TPSA) is 92.7 Å². The van der Waals surface area contributed by atoms with Crippen LogP contribution in [0.3, 0.4) is 0 Å². The highest BCUT2D eigenvalue weighted by molar-refractivity contribution is 5.93. The van der Waals surface area contributed by atoms with E-state index in [1.54, 1.807) is 6.20 Å². The Morgan fingerprint density at radius 1 is 0.891 bits per heavy atom. The number of ether oxygens (including phenoxy) is 1. The molecule has 2 heterocycles. The third-order valence-electron chi connectivity index (χ3n) is 8.43. The van der Waals surface area contributed by atoms with Gasteiger partial charge in [0.2, 0.25) is 11.8 Å². The average Bonchev–Trinajstić information content (AvgIpc) is 3.40. The summed E-state index contributed by atoms with van der Waals surface area (Å²) in [6.45, 7) is 7.01. The van der Waals surface area contributed by atoms with Gasteiger partial charge in [-0.2, -0.15) is 0 Å². The fraction of sp³-hybridized carbons (Fsp3) is 0.395. The Hall–Kier alpha value is -4.43. The SMILES string of the molecule is CC(C)(C)OC(=O)n1cc(C[C@@H](NC(=O)CN2CCCCC2Cc2ccccc2)C(=O)NCCc2ccccc2)c2ccccc21. The van der Waals surface area contributed by atoms with Crippen LogP contribution in [0.1, 0.15) is 56.7 Å². The zero-order valence-corrected chi connectivity index (χ0v) is 27.2. The molecule has 1 fully saturated rings. The van der Waals surface area contributed by atoms with Crippen molar-refractivity contribution >= 4 is 28.8 Å². The monoisotopic (exact) mass is 622 g/mol. The third-order valence-corrected chi connectivity index (χ3v) is 8.43. The summed E-state index contributed by atoms with van der Waals surface area (Å²) in [6, 6.07) is 27.4. The lowest BCUT2D eigenvalue weighted by molar-refractivity contribution is -0.130. The lowest BCUT2D eigenvalue weighted by Gasteiger charge is -2.35. The summed E-state index contributed by atoms with van der Waals surface area (Å²) in [4.78, 5) is 42.7. The van der Waals surface area contributed by atoms with E-state index in [-0.39, 0.29) is 30.8 Å². The molecule has 1 aliphatic rings. The molecule has 242 valence electrons. The molecule has 0 saturated carbocycles. The summed E-state index contributed by atoms with van der Waals surface area (Å²) in [5.41, 5.74) is 3.20. The minimum Gasteiger partial charge on any atom is -0.443 e. The maximum absolute atomic E-state index is 13.7. The van der Waals surface area contributed by atoms with Crippen molar-refractivity contribution < 1.29 is 19.1 Å². The quantitative estimate of drug-likeness (QED) is 0.217. The summed E-state index contributed by atoms with van der Waals surface area (Å²) in [5, 5.41) is 6.95. The number of aromatic nitrogens is 1. The number of piperidine rings is 1. The van der Waals surface area contributed by atoms with Gasteiger partial charge in [-0.1, -0.05) is 85.3 Å². The molecular formula is C38H46N4O4. The summed E-state index contributed by atoms with van der Waals surface area (Å²) >= 11 is 0. The number of hydrogen-bond donors (Lipinski definition) is 2. The minimum absolute atomic E-state index is 0.181. The molecular weight excluding hydrogens is 576 g/mol. The second kappa shape index (κ2) is 15.2. The lowest BCUT2D eigenvalue weighted by Crippen LogP contribution is -2.52. The van der Waals surface area contributed by atoms with E-state index in [1.165, 1.54) is 10.1 Å². The molecule has 2 atom stereocenters. The largest absolute Gasteiger partial charge is 0.443 e. The lowest BCUT2D eigenvalue weighted by atomic mass is 9.95. The molecule has 8 heteroatoms. The van der Waals surface area contributed by atoms with Crippen LogP contribution in [-0.4, -0.2) is 64.7 Å². The molecule has 0 bridgehead atoms. The van der Waals surface area contributed by atoms with E-state index in [9.17, 15) is 14.4 Å². The maximum Gasteiger partial charge on any atom is 0.419 e. The first-order valence-corrected chi connectivity index (χ1v) is 16.4.